The Morgan fingerprint density at radius 3 is 2.67 bits per heavy atom. The molecule has 12 heavy (non-hydrogen) atoms. The summed E-state index contributed by atoms with van der Waals surface area (Å²) in [5, 5.41) is 12.1. The van der Waals surface area contributed by atoms with Crippen molar-refractivity contribution < 1.29 is 9.90 Å². The highest BCUT2D eigenvalue weighted by Crippen LogP contribution is 2.09. The fourth-order valence-corrected chi connectivity index (χ4v) is 0.988. The van der Waals surface area contributed by atoms with Crippen molar-refractivity contribution in [2.75, 3.05) is 13.1 Å². The van der Waals surface area contributed by atoms with Crippen LogP contribution >= 0.6 is 0 Å². The zero-order valence-corrected chi connectivity index (χ0v) is 7.76. The number of nitrogens with two attached hydrogens (primary N) is 1. The number of nitrogens with one attached hydrogen (secondary N) is 1. The fraction of sp³-hybridized carbons (Fsp3) is 0.875. The molecule has 4 N–H and O–H groups in total. The summed E-state index contributed by atoms with van der Waals surface area (Å²) in [5.74, 6) is -0.230. The minimum Gasteiger partial charge on any atom is -0.388 e. The number of hydrogen-bond acceptors (Lipinski definition) is 3. The predicted octanol–water partition coefficient (Wildman–Crippen LogP) is -0.388. The van der Waals surface area contributed by atoms with Crippen LogP contribution in [0.4, 0.5) is 0 Å². The molecule has 0 aromatic carbocycles. The molecule has 1 unspecified atom stereocenters. The number of carbonyl (C=O) groups excluding carboxylic acids is 1. The van der Waals surface area contributed by atoms with E-state index in [9.17, 15) is 9.90 Å². The van der Waals surface area contributed by atoms with Crippen molar-refractivity contribution in [3.05, 3.63) is 0 Å². The molecule has 0 spiro atoms. The third-order valence-electron chi connectivity index (χ3n) is 1.64. The molecule has 1 atom stereocenters. The first-order chi connectivity index (χ1) is 5.52. The maximum Gasteiger partial charge on any atom is 0.233 e. The second-order valence-corrected chi connectivity index (χ2v) is 3.23. The lowest BCUT2D eigenvalue weighted by molar-refractivity contribution is -0.120. The van der Waals surface area contributed by atoms with Gasteiger partial charge in [0.15, 0.2) is 0 Å². The topological polar surface area (TPSA) is 75.3 Å². The molecule has 0 radical (unpaired) electrons. The van der Waals surface area contributed by atoms with Crippen LogP contribution in [0.25, 0.3) is 0 Å². The van der Waals surface area contributed by atoms with Crippen LogP contribution in [0.2, 0.25) is 0 Å². The molecule has 72 valence electrons. The van der Waals surface area contributed by atoms with Crippen molar-refractivity contribution >= 4 is 5.91 Å². The standard InChI is InChI=1S/C8H18N2O2/c1-3-4-8(2,12)6-10-7(11)5-9/h12H,3-6,9H2,1-2H3,(H,10,11). The number of aliphatic hydroxyl groups is 1. The fourth-order valence-electron chi connectivity index (χ4n) is 0.988. The summed E-state index contributed by atoms with van der Waals surface area (Å²) >= 11 is 0. The first kappa shape index (κ1) is 11.4. The molecule has 0 saturated carbocycles. The Morgan fingerprint density at radius 1 is 1.67 bits per heavy atom. The van der Waals surface area contributed by atoms with Gasteiger partial charge in [-0.05, 0) is 13.3 Å². The molecular weight excluding hydrogens is 156 g/mol. The van der Waals surface area contributed by atoms with Gasteiger partial charge in [0.1, 0.15) is 0 Å². The Kier molecular flexibility index (Phi) is 4.85. The molecule has 4 nitrogen and oxygen atoms in total. The van der Waals surface area contributed by atoms with Gasteiger partial charge < -0.3 is 16.2 Å². The lowest BCUT2D eigenvalue weighted by atomic mass is 10.0. The molecule has 0 bridgehead atoms. The van der Waals surface area contributed by atoms with Gasteiger partial charge in [-0.1, -0.05) is 13.3 Å². The molecule has 0 aromatic rings. The van der Waals surface area contributed by atoms with E-state index in [-0.39, 0.29) is 19.0 Å². The third-order valence-corrected chi connectivity index (χ3v) is 1.64. The Bertz CT molecular complexity index is 146. The van der Waals surface area contributed by atoms with Gasteiger partial charge in [0.2, 0.25) is 5.91 Å². The largest absolute Gasteiger partial charge is 0.388 e. The first-order valence-electron chi connectivity index (χ1n) is 4.21. The zero-order valence-electron chi connectivity index (χ0n) is 7.76. The molecule has 0 aliphatic heterocycles. The first-order valence-corrected chi connectivity index (χ1v) is 4.21. The molecule has 0 saturated heterocycles. The minimum atomic E-state index is -0.806. The Labute approximate surface area is 73.1 Å². The van der Waals surface area contributed by atoms with Crippen LogP contribution in [0.15, 0.2) is 0 Å². The molecule has 4 heteroatoms. The van der Waals surface area contributed by atoms with Crippen LogP contribution < -0.4 is 11.1 Å². The maximum absolute atomic E-state index is 10.7. The van der Waals surface area contributed by atoms with Gasteiger partial charge in [-0.25, -0.2) is 0 Å². The van der Waals surface area contributed by atoms with Gasteiger partial charge in [-0.3, -0.25) is 4.79 Å². The number of rotatable bonds is 5. The second kappa shape index (κ2) is 5.11. The normalized spacial score (nSPS) is 15.3. The van der Waals surface area contributed by atoms with E-state index in [1.165, 1.54) is 0 Å². The van der Waals surface area contributed by atoms with E-state index in [0.29, 0.717) is 6.42 Å². The highest BCUT2D eigenvalue weighted by molar-refractivity contribution is 5.77. The second-order valence-electron chi connectivity index (χ2n) is 3.23. The smallest absolute Gasteiger partial charge is 0.233 e. The van der Waals surface area contributed by atoms with Crippen molar-refractivity contribution in [1.82, 2.24) is 5.32 Å². The van der Waals surface area contributed by atoms with E-state index in [1.807, 2.05) is 6.92 Å². The average molecular weight is 174 g/mol. The average Bonchev–Trinajstić information content (AvgIpc) is 2.00. The number of hydrogen-bond donors (Lipinski definition) is 3. The molecule has 0 heterocycles. The Balaban J connectivity index is 3.67. The zero-order chi connectivity index (χ0) is 9.61. The molecule has 0 fully saturated rings. The number of carbonyl (C=O) groups is 1. The molecule has 0 aliphatic rings. The Morgan fingerprint density at radius 2 is 2.25 bits per heavy atom. The summed E-state index contributed by atoms with van der Waals surface area (Å²) in [6, 6.07) is 0. The SMILES string of the molecule is CCCC(C)(O)CNC(=O)CN. The molecule has 1 amide bonds. The van der Waals surface area contributed by atoms with Crippen molar-refractivity contribution in [3.8, 4) is 0 Å². The maximum atomic E-state index is 10.7. The van der Waals surface area contributed by atoms with E-state index in [4.69, 9.17) is 5.73 Å². The van der Waals surface area contributed by atoms with Gasteiger partial charge in [0, 0.05) is 6.54 Å². The van der Waals surface area contributed by atoms with Crippen LogP contribution in [-0.2, 0) is 4.79 Å². The summed E-state index contributed by atoms with van der Waals surface area (Å²) in [7, 11) is 0. The van der Waals surface area contributed by atoms with E-state index < -0.39 is 5.60 Å². The summed E-state index contributed by atoms with van der Waals surface area (Å²) < 4.78 is 0. The van der Waals surface area contributed by atoms with Crippen LogP contribution in [0.5, 0.6) is 0 Å². The third kappa shape index (κ3) is 5.09. The number of amides is 1. The van der Waals surface area contributed by atoms with Crippen LogP contribution in [-0.4, -0.2) is 29.7 Å². The highest BCUT2D eigenvalue weighted by Gasteiger charge is 2.19. The van der Waals surface area contributed by atoms with E-state index in [2.05, 4.69) is 5.32 Å². The minimum absolute atomic E-state index is 0.0256. The van der Waals surface area contributed by atoms with Gasteiger partial charge in [0.05, 0.1) is 12.1 Å². The Hall–Kier alpha value is -0.610. The lowest BCUT2D eigenvalue weighted by Gasteiger charge is -2.22. The van der Waals surface area contributed by atoms with E-state index in [1.54, 1.807) is 6.92 Å². The lowest BCUT2D eigenvalue weighted by Crippen LogP contribution is -2.42. The van der Waals surface area contributed by atoms with Crippen LogP contribution in [0, 0.1) is 0 Å². The monoisotopic (exact) mass is 174 g/mol. The summed E-state index contributed by atoms with van der Waals surface area (Å²) in [5.41, 5.74) is 4.28. The van der Waals surface area contributed by atoms with E-state index in [0.717, 1.165) is 6.42 Å². The predicted molar refractivity (Wildman–Crippen MR) is 47.6 cm³/mol. The molecule has 0 aromatic heterocycles. The van der Waals surface area contributed by atoms with Gasteiger partial charge >= 0.3 is 0 Å². The van der Waals surface area contributed by atoms with Crippen molar-refractivity contribution in [3.63, 3.8) is 0 Å². The van der Waals surface area contributed by atoms with Crippen LogP contribution in [0.1, 0.15) is 26.7 Å². The van der Waals surface area contributed by atoms with Gasteiger partial charge in [-0.2, -0.15) is 0 Å². The van der Waals surface area contributed by atoms with Gasteiger partial charge in [-0.15, -0.1) is 0 Å². The highest BCUT2D eigenvalue weighted by atomic mass is 16.3. The molecule has 0 aliphatic carbocycles. The summed E-state index contributed by atoms with van der Waals surface area (Å²) in [6.07, 6.45) is 1.57. The van der Waals surface area contributed by atoms with Gasteiger partial charge in [0.25, 0.3) is 0 Å². The molecule has 0 rings (SSSR count). The van der Waals surface area contributed by atoms with Crippen molar-refractivity contribution in [1.29, 1.82) is 0 Å². The van der Waals surface area contributed by atoms with E-state index >= 15 is 0 Å². The van der Waals surface area contributed by atoms with Crippen molar-refractivity contribution in [2.45, 2.75) is 32.3 Å². The summed E-state index contributed by atoms with van der Waals surface area (Å²) in [4.78, 5) is 10.7. The van der Waals surface area contributed by atoms with Crippen LogP contribution in [0.3, 0.4) is 0 Å². The summed E-state index contributed by atoms with van der Waals surface area (Å²) in [6.45, 7) is 3.94. The van der Waals surface area contributed by atoms with Crippen molar-refractivity contribution in [2.24, 2.45) is 5.73 Å². The quantitative estimate of drug-likeness (QED) is 0.531. The molecular formula is C8H18N2O2.